The normalized spacial score (nSPS) is 18.0. The Bertz CT molecular complexity index is 216. The molecule has 0 saturated carbocycles. The molecule has 2 nitrogen and oxygen atoms in total. The minimum Gasteiger partial charge on any atom is -0.478 e. The van der Waals surface area contributed by atoms with Gasteiger partial charge < -0.3 is 5.11 Å². The van der Waals surface area contributed by atoms with E-state index in [0.29, 0.717) is 18.2 Å². The summed E-state index contributed by atoms with van der Waals surface area (Å²) in [4.78, 5) is 10.3. The van der Waals surface area contributed by atoms with Crippen molar-refractivity contribution in [3.8, 4) is 0 Å². The molecule has 0 fully saturated rings. The predicted molar refractivity (Wildman–Crippen MR) is 63.8 cm³/mol. The number of halogens is 3. The third-order valence-corrected chi connectivity index (χ3v) is 24.4. The molecule has 0 aromatic rings. The van der Waals surface area contributed by atoms with Crippen LogP contribution in [0, 0.1) is 0 Å². The lowest BCUT2D eigenvalue weighted by Crippen LogP contribution is -1.99. The zero-order chi connectivity index (χ0) is 6.69. The Kier molecular flexibility index (Phi) is 3.92. The van der Waals surface area contributed by atoms with Crippen molar-refractivity contribution in [2.75, 3.05) is 0 Å². The third kappa shape index (κ3) is 2.78. The molecule has 0 amide bonds. The zero-order valence-electron chi connectivity index (χ0n) is 4.14. The third-order valence-electron chi connectivity index (χ3n) is 0.627. The summed E-state index contributed by atoms with van der Waals surface area (Å²) in [6.07, 6.45) is 0. The molecule has 1 aliphatic heterocycles. The molecule has 0 aliphatic carbocycles. The van der Waals surface area contributed by atoms with Crippen LogP contribution in [0.2, 0.25) is 0 Å². The van der Waals surface area contributed by atoms with Crippen molar-refractivity contribution in [3.63, 3.8) is 0 Å². The van der Waals surface area contributed by atoms with Gasteiger partial charge >= 0.3 is 5.97 Å². The summed E-state index contributed by atoms with van der Waals surface area (Å²) in [5.74, 6) is -0.724. The van der Waals surface area contributed by atoms with Gasteiger partial charge in [-0.1, -0.05) is 0 Å². The number of carbonyl (C=O) groups is 1. The van der Waals surface area contributed by atoms with E-state index in [4.69, 9.17) is 5.11 Å². The number of carboxylic acid groups (broad SMARTS) is 1. The number of carboxylic acids is 1. The van der Waals surface area contributed by atoms with Gasteiger partial charge in [0, 0.05) is 0 Å². The van der Waals surface area contributed by atoms with E-state index in [0.717, 1.165) is 0 Å². The van der Waals surface area contributed by atoms with E-state index >= 15 is 0 Å². The van der Waals surface area contributed by atoms with Crippen LogP contribution >= 0.6 is 46.0 Å². The molecule has 1 heterocycles. The van der Waals surface area contributed by atoms with Gasteiger partial charge in [-0.25, -0.2) is 4.79 Å². The minimum absolute atomic E-state index is 0.226. The standard InChI is InChI=1S/C4H3I3O2/c8-4(9)3-1-5-7-6-2-3/h1-2H,(H,8,9). The van der Waals surface area contributed by atoms with Crippen molar-refractivity contribution >= 4 is 55.9 Å². The maximum absolute atomic E-state index is 10.3. The van der Waals surface area contributed by atoms with Crippen LogP contribution in [-0.4, -0.2) is 15.1 Å². The fourth-order valence-electron chi connectivity index (χ4n) is 0.255. The van der Waals surface area contributed by atoms with Crippen LogP contribution in [0.25, 0.3) is 0 Å². The van der Waals surface area contributed by atoms with Crippen LogP contribution in [0.1, 0.15) is 0 Å². The predicted octanol–water partition coefficient (Wildman–Crippen LogP) is 2.51. The first kappa shape index (κ1) is 8.37. The highest BCUT2D eigenvalue weighted by molar-refractivity contribution is 15.3. The molecule has 0 saturated heterocycles. The maximum atomic E-state index is 10.3. The summed E-state index contributed by atoms with van der Waals surface area (Å²) >= 11 is 0.938. The lowest BCUT2D eigenvalue weighted by Gasteiger charge is -1.91. The second-order valence-electron chi connectivity index (χ2n) is 1.20. The number of hydrogen-bond acceptors (Lipinski definition) is 1. The first-order chi connectivity index (χ1) is 4.30. The van der Waals surface area contributed by atoms with E-state index in [9.17, 15) is 4.79 Å². The van der Waals surface area contributed by atoms with Crippen molar-refractivity contribution in [1.29, 1.82) is 0 Å². The van der Waals surface area contributed by atoms with Crippen LogP contribution in [0.3, 0.4) is 0 Å². The molecular weight excluding hydrogens is 461 g/mol. The van der Waals surface area contributed by atoms with Gasteiger partial charge in [0.2, 0.25) is 0 Å². The molecule has 0 atom stereocenters. The number of aliphatic carboxylic acids is 1. The van der Waals surface area contributed by atoms with E-state index < -0.39 is 5.97 Å². The highest BCUT2D eigenvalue weighted by Gasteiger charge is 2.02. The molecule has 9 heavy (non-hydrogen) atoms. The van der Waals surface area contributed by atoms with E-state index in [1.54, 1.807) is 0 Å². The Morgan fingerprint density at radius 3 is 2.78 bits per heavy atom. The highest BCUT2D eigenvalue weighted by Crippen LogP contribution is 2.36. The number of hydrogen-bond donors (Lipinski definition) is 1. The first-order valence-corrected chi connectivity index (χ1v) is 17.0. The molecule has 5 heteroatoms. The van der Waals surface area contributed by atoms with Crippen LogP contribution < -0.4 is 0 Å². The topological polar surface area (TPSA) is 37.3 Å². The van der Waals surface area contributed by atoms with Gasteiger partial charge in [0.25, 0.3) is 0 Å². The van der Waals surface area contributed by atoms with E-state index in [1.807, 2.05) is 8.09 Å². The Balaban J connectivity index is 2.84. The fraction of sp³-hybridized carbons (Fsp3) is 0. The fourth-order valence-corrected chi connectivity index (χ4v) is 20.5. The van der Waals surface area contributed by atoms with Gasteiger partial charge in [-0.05, 0) is 54.1 Å². The largest absolute Gasteiger partial charge is 0.478 e. The molecule has 0 unspecified atom stereocenters. The Hall–Kier alpha value is 1.27. The van der Waals surface area contributed by atoms with Crippen molar-refractivity contribution in [2.45, 2.75) is 0 Å². The van der Waals surface area contributed by atoms with E-state index in [2.05, 4.69) is 0 Å². The van der Waals surface area contributed by atoms with E-state index in [1.165, 1.54) is 0 Å². The SMILES string of the molecule is O=C(O)C1=CI=II=C1. The van der Waals surface area contributed by atoms with Crippen LogP contribution in [0.5, 0.6) is 0 Å². The Morgan fingerprint density at radius 2 is 2.44 bits per heavy atom. The maximum Gasteiger partial charge on any atom is 0.336 e. The summed E-state index contributed by atoms with van der Waals surface area (Å²) in [5.41, 5.74) is 0.599. The molecular formula is C4H3I3O2. The average Bonchev–Trinajstić information content (AvgIpc) is 1.90. The van der Waals surface area contributed by atoms with Crippen LogP contribution in [0.15, 0.2) is 9.66 Å². The van der Waals surface area contributed by atoms with Crippen molar-refractivity contribution < 1.29 is 9.90 Å². The van der Waals surface area contributed by atoms with Crippen molar-refractivity contribution in [2.24, 2.45) is 0 Å². The molecule has 0 aromatic heterocycles. The van der Waals surface area contributed by atoms with Gasteiger partial charge in [0.15, 0.2) is 0 Å². The zero-order valence-corrected chi connectivity index (χ0v) is 10.6. The van der Waals surface area contributed by atoms with Gasteiger partial charge in [-0.15, -0.1) is 0 Å². The monoisotopic (exact) mass is 464 g/mol. The minimum atomic E-state index is -0.724. The summed E-state index contributed by atoms with van der Waals surface area (Å²) in [6.45, 7) is 0. The Morgan fingerprint density at radius 1 is 1.67 bits per heavy atom. The summed E-state index contributed by atoms with van der Waals surface area (Å²) in [7, 11) is 0. The van der Waals surface area contributed by atoms with Crippen molar-refractivity contribution in [3.05, 3.63) is 9.66 Å². The van der Waals surface area contributed by atoms with Gasteiger partial charge in [-0.2, -0.15) is 0 Å². The molecule has 1 aliphatic rings. The molecule has 1 rings (SSSR count). The van der Waals surface area contributed by atoms with Gasteiger partial charge in [0.05, 0.1) is 5.57 Å². The second-order valence-corrected chi connectivity index (χ2v) is 25.9. The second kappa shape index (κ2) is 4.21. The van der Waals surface area contributed by atoms with Gasteiger partial charge in [0.1, 0.15) is 0 Å². The Labute approximate surface area is 74.2 Å². The van der Waals surface area contributed by atoms with Crippen LogP contribution in [-0.2, 0) is 4.79 Å². The molecule has 0 radical (unpaired) electrons. The highest BCUT2D eigenvalue weighted by atomic mass is 128. The molecule has 52 valence electrons. The first-order valence-electron chi connectivity index (χ1n) is 1.98. The summed E-state index contributed by atoms with van der Waals surface area (Å²) < 4.78 is 3.91. The molecule has 0 spiro atoms. The van der Waals surface area contributed by atoms with E-state index in [-0.39, 0.29) is 33.3 Å². The van der Waals surface area contributed by atoms with Crippen LogP contribution in [0.4, 0.5) is 0 Å². The number of rotatable bonds is 1. The smallest absolute Gasteiger partial charge is 0.336 e. The van der Waals surface area contributed by atoms with Crippen molar-refractivity contribution in [1.82, 2.24) is 0 Å². The van der Waals surface area contributed by atoms with Gasteiger partial charge in [-0.3, -0.25) is 0 Å². The lowest BCUT2D eigenvalue weighted by molar-refractivity contribution is -0.131. The summed E-state index contributed by atoms with van der Waals surface area (Å²) in [5, 5.41) is 8.49. The molecule has 1 N–H and O–H groups in total. The quantitative estimate of drug-likeness (QED) is 0.607. The summed E-state index contributed by atoms with van der Waals surface area (Å²) in [6, 6.07) is 0. The lowest BCUT2D eigenvalue weighted by atomic mass is 10.4. The molecule has 0 aromatic carbocycles. The average molecular weight is 464 g/mol. The molecule has 0 bridgehead atoms.